The van der Waals surface area contributed by atoms with Gasteiger partial charge in [0.25, 0.3) is 0 Å². The SMILES string of the molecule is Fc1cc(F)c(C(Br)c2ccc(Br)cc2Cl)c(F)c1. The number of halogens is 6. The van der Waals surface area contributed by atoms with Gasteiger partial charge in [0, 0.05) is 27.2 Å². The first kappa shape index (κ1) is 14.9. The van der Waals surface area contributed by atoms with Crippen molar-refractivity contribution in [3.63, 3.8) is 0 Å². The Balaban J connectivity index is 2.53. The predicted molar refractivity (Wildman–Crippen MR) is 76.2 cm³/mol. The molecule has 1 unspecified atom stereocenters. The molecule has 0 saturated heterocycles. The van der Waals surface area contributed by atoms with Crippen LogP contribution in [0, 0.1) is 17.5 Å². The average Bonchev–Trinajstić information content (AvgIpc) is 2.26. The molecule has 0 amide bonds. The van der Waals surface area contributed by atoms with Gasteiger partial charge in [-0.05, 0) is 17.7 Å². The lowest BCUT2D eigenvalue weighted by Crippen LogP contribution is -2.02. The molecule has 0 heterocycles. The van der Waals surface area contributed by atoms with Gasteiger partial charge in [0.05, 0.1) is 4.83 Å². The van der Waals surface area contributed by atoms with Gasteiger partial charge in [-0.15, -0.1) is 0 Å². The van der Waals surface area contributed by atoms with Gasteiger partial charge in [0.1, 0.15) is 17.5 Å². The summed E-state index contributed by atoms with van der Waals surface area (Å²) in [5.74, 6) is -2.88. The second kappa shape index (κ2) is 5.85. The van der Waals surface area contributed by atoms with Crippen LogP contribution in [0.25, 0.3) is 0 Å². The highest BCUT2D eigenvalue weighted by atomic mass is 79.9. The molecule has 2 aromatic carbocycles. The van der Waals surface area contributed by atoms with Gasteiger partial charge in [-0.1, -0.05) is 49.5 Å². The summed E-state index contributed by atoms with van der Waals surface area (Å²) >= 11 is 12.5. The van der Waals surface area contributed by atoms with Crippen LogP contribution in [0.2, 0.25) is 5.02 Å². The van der Waals surface area contributed by atoms with Crippen molar-refractivity contribution in [2.24, 2.45) is 0 Å². The van der Waals surface area contributed by atoms with Crippen molar-refractivity contribution in [2.75, 3.05) is 0 Å². The topological polar surface area (TPSA) is 0 Å². The fourth-order valence-electron chi connectivity index (χ4n) is 1.66. The third-order valence-corrected chi connectivity index (χ3v) is 4.30. The van der Waals surface area contributed by atoms with Gasteiger partial charge in [-0.25, -0.2) is 13.2 Å². The van der Waals surface area contributed by atoms with Crippen LogP contribution in [-0.2, 0) is 0 Å². The Hall–Kier alpha value is -0.520. The maximum absolute atomic E-state index is 13.7. The summed E-state index contributed by atoms with van der Waals surface area (Å²) in [5, 5.41) is 0.347. The van der Waals surface area contributed by atoms with Crippen LogP contribution in [0.4, 0.5) is 13.2 Å². The Morgan fingerprint density at radius 2 is 1.58 bits per heavy atom. The summed E-state index contributed by atoms with van der Waals surface area (Å²) in [5.41, 5.74) is 0.222. The molecule has 0 saturated carbocycles. The minimum atomic E-state index is -0.960. The van der Waals surface area contributed by atoms with Crippen LogP contribution < -0.4 is 0 Å². The standard InChI is InChI=1S/C13H6Br2ClF3/c14-6-1-2-8(9(16)3-6)13(15)12-10(18)4-7(17)5-11(12)19/h1-5,13H. The molecule has 6 heteroatoms. The summed E-state index contributed by atoms with van der Waals surface area (Å²) in [6.07, 6.45) is 0. The van der Waals surface area contributed by atoms with Crippen molar-refractivity contribution < 1.29 is 13.2 Å². The van der Waals surface area contributed by atoms with Crippen molar-refractivity contribution >= 4 is 43.5 Å². The van der Waals surface area contributed by atoms with Gasteiger partial charge in [-0.2, -0.15) is 0 Å². The second-order valence-electron chi connectivity index (χ2n) is 3.81. The zero-order chi connectivity index (χ0) is 14.2. The first-order valence-corrected chi connectivity index (χ1v) is 7.22. The van der Waals surface area contributed by atoms with Gasteiger partial charge < -0.3 is 0 Å². The monoisotopic (exact) mass is 412 g/mol. The second-order valence-corrected chi connectivity index (χ2v) is 6.05. The summed E-state index contributed by atoms with van der Waals surface area (Å²) in [7, 11) is 0. The molecule has 0 radical (unpaired) electrons. The molecular weight excluding hydrogens is 408 g/mol. The molecule has 19 heavy (non-hydrogen) atoms. The molecule has 1 atom stereocenters. The Labute approximate surface area is 129 Å². The van der Waals surface area contributed by atoms with E-state index in [2.05, 4.69) is 31.9 Å². The summed E-state index contributed by atoms with van der Waals surface area (Å²) in [6, 6.07) is 6.23. The van der Waals surface area contributed by atoms with Crippen LogP contribution in [0.1, 0.15) is 16.0 Å². The van der Waals surface area contributed by atoms with E-state index >= 15 is 0 Å². The van der Waals surface area contributed by atoms with Crippen molar-refractivity contribution in [2.45, 2.75) is 4.83 Å². The number of hydrogen-bond donors (Lipinski definition) is 0. The Morgan fingerprint density at radius 3 is 2.11 bits per heavy atom. The fourth-order valence-corrected chi connectivity index (χ4v) is 3.41. The highest BCUT2D eigenvalue weighted by Gasteiger charge is 2.22. The van der Waals surface area contributed by atoms with E-state index in [1.54, 1.807) is 18.2 Å². The quantitative estimate of drug-likeness (QED) is 0.529. The minimum Gasteiger partial charge on any atom is -0.207 e. The van der Waals surface area contributed by atoms with Gasteiger partial charge >= 0.3 is 0 Å². The van der Waals surface area contributed by atoms with E-state index in [1.165, 1.54) is 0 Å². The Bertz CT molecular complexity index is 608. The lowest BCUT2D eigenvalue weighted by Gasteiger charge is -2.14. The zero-order valence-corrected chi connectivity index (χ0v) is 13.2. The Kier molecular flexibility index (Phi) is 4.58. The number of alkyl halides is 1. The number of hydrogen-bond acceptors (Lipinski definition) is 0. The van der Waals surface area contributed by atoms with Crippen LogP contribution in [0.5, 0.6) is 0 Å². The van der Waals surface area contributed by atoms with E-state index in [0.717, 1.165) is 4.47 Å². The predicted octanol–water partition coefficient (Wildman–Crippen LogP) is 6.00. The minimum absolute atomic E-state index is 0.273. The van der Waals surface area contributed by atoms with E-state index in [1.807, 2.05) is 0 Å². The molecule has 0 bridgehead atoms. The van der Waals surface area contributed by atoms with Gasteiger partial charge in [0.15, 0.2) is 0 Å². The Morgan fingerprint density at radius 1 is 1.00 bits per heavy atom. The molecule has 0 fully saturated rings. The zero-order valence-electron chi connectivity index (χ0n) is 9.23. The molecule has 0 N–H and O–H groups in total. The lowest BCUT2D eigenvalue weighted by molar-refractivity contribution is 0.527. The van der Waals surface area contributed by atoms with E-state index in [0.29, 0.717) is 22.7 Å². The van der Waals surface area contributed by atoms with Crippen LogP contribution in [-0.4, -0.2) is 0 Å². The molecule has 100 valence electrons. The average molecular weight is 414 g/mol. The highest BCUT2D eigenvalue weighted by molar-refractivity contribution is 9.10. The number of rotatable bonds is 2. The molecule has 0 aliphatic carbocycles. The van der Waals surface area contributed by atoms with E-state index in [9.17, 15) is 13.2 Å². The van der Waals surface area contributed by atoms with Crippen molar-refractivity contribution in [3.8, 4) is 0 Å². The smallest absolute Gasteiger partial charge is 0.133 e. The van der Waals surface area contributed by atoms with Gasteiger partial charge in [-0.3, -0.25) is 0 Å². The number of benzene rings is 2. The molecule has 2 rings (SSSR count). The fraction of sp³-hybridized carbons (Fsp3) is 0.0769. The molecule has 0 aliphatic rings. The molecule has 0 spiro atoms. The molecule has 0 aliphatic heterocycles. The maximum atomic E-state index is 13.7. The summed E-state index contributed by atoms with van der Waals surface area (Å²) in [6.45, 7) is 0. The van der Waals surface area contributed by atoms with Crippen molar-refractivity contribution in [1.29, 1.82) is 0 Å². The lowest BCUT2D eigenvalue weighted by atomic mass is 10.0. The van der Waals surface area contributed by atoms with Gasteiger partial charge in [0.2, 0.25) is 0 Å². The molecule has 0 nitrogen and oxygen atoms in total. The molecule has 2 aromatic rings. The van der Waals surface area contributed by atoms with Crippen LogP contribution >= 0.6 is 43.5 Å². The van der Waals surface area contributed by atoms with E-state index < -0.39 is 22.3 Å². The first-order chi connectivity index (χ1) is 8.90. The van der Waals surface area contributed by atoms with Crippen LogP contribution in [0.15, 0.2) is 34.8 Å². The third-order valence-electron chi connectivity index (χ3n) is 2.53. The highest BCUT2D eigenvalue weighted by Crippen LogP contribution is 2.38. The first-order valence-electron chi connectivity index (χ1n) is 5.13. The molecular formula is C13H6Br2ClF3. The largest absolute Gasteiger partial charge is 0.207 e. The van der Waals surface area contributed by atoms with Crippen molar-refractivity contribution in [3.05, 3.63) is 68.4 Å². The van der Waals surface area contributed by atoms with E-state index in [-0.39, 0.29) is 5.56 Å². The van der Waals surface area contributed by atoms with Crippen LogP contribution in [0.3, 0.4) is 0 Å². The van der Waals surface area contributed by atoms with E-state index in [4.69, 9.17) is 11.6 Å². The summed E-state index contributed by atoms with van der Waals surface area (Å²) in [4.78, 5) is -0.798. The third kappa shape index (κ3) is 3.15. The van der Waals surface area contributed by atoms with Crippen molar-refractivity contribution in [1.82, 2.24) is 0 Å². The molecule has 0 aromatic heterocycles. The normalized spacial score (nSPS) is 12.5. The maximum Gasteiger partial charge on any atom is 0.133 e. The summed E-state index contributed by atoms with van der Waals surface area (Å²) < 4.78 is 41.0.